The minimum atomic E-state index is -0.790. The van der Waals surface area contributed by atoms with E-state index in [0.717, 1.165) is 16.9 Å². The van der Waals surface area contributed by atoms with Crippen molar-refractivity contribution >= 4 is 22.7 Å². The van der Waals surface area contributed by atoms with Gasteiger partial charge in [-0.25, -0.2) is 0 Å². The third-order valence-electron chi connectivity index (χ3n) is 4.30. The van der Waals surface area contributed by atoms with Crippen molar-refractivity contribution in [3.63, 3.8) is 0 Å². The molecule has 0 aliphatic heterocycles. The van der Waals surface area contributed by atoms with Gasteiger partial charge in [-0.3, -0.25) is 0 Å². The van der Waals surface area contributed by atoms with Crippen LogP contribution in [0.3, 0.4) is 0 Å². The zero-order chi connectivity index (χ0) is 18.7. The predicted octanol–water partition coefficient (Wildman–Crippen LogP) is 2.64. The van der Waals surface area contributed by atoms with Crippen molar-refractivity contribution in [1.82, 2.24) is 0 Å². The molecule has 0 heterocycles. The Kier molecular flexibility index (Phi) is 5.77. The molecule has 0 aliphatic rings. The molecule has 2 aromatic carbocycles. The van der Waals surface area contributed by atoms with Crippen molar-refractivity contribution < 1.29 is 10.2 Å². The number of nitrogens with one attached hydrogen (secondary N) is 1. The number of aliphatic hydroxyl groups excluding tert-OH is 2. The Morgan fingerprint density at radius 1 is 1.08 bits per heavy atom. The third kappa shape index (κ3) is 3.97. The van der Waals surface area contributed by atoms with Crippen molar-refractivity contribution in [1.29, 1.82) is 0 Å². The molecule has 0 saturated carbocycles. The molecule has 6 heteroatoms. The molecule has 2 atom stereocenters. The van der Waals surface area contributed by atoms with E-state index < -0.39 is 12.2 Å². The number of hydrogen-bond acceptors (Lipinski definition) is 6. The van der Waals surface area contributed by atoms with Gasteiger partial charge < -0.3 is 31.9 Å². The lowest BCUT2D eigenvalue weighted by atomic mass is 9.93. The average Bonchev–Trinajstić information content (AvgIpc) is 2.54. The highest BCUT2D eigenvalue weighted by molar-refractivity contribution is 5.72. The molecule has 2 rings (SSSR count). The first-order valence-electron chi connectivity index (χ1n) is 8.31. The van der Waals surface area contributed by atoms with Gasteiger partial charge in [0.1, 0.15) is 0 Å². The van der Waals surface area contributed by atoms with Crippen LogP contribution in [0, 0.1) is 0 Å². The van der Waals surface area contributed by atoms with E-state index in [-0.39, 0.29) is 0 Å². The molecule has 0 aromatic heterocycles. The molecule has 6 nitrogen and oxygen atoms in total. The van der Waals surface area contributed by atoms with Crippen LogP contribution in [0.25, 0.3) is 0 Å². The summed E-state index contributed by atoms with van der Waals surface area (Å²) in [5.74, 6) is 0. The summed E-state index contributed by atoms with van der Waals surface area (Å²) in [5, 5.41) is 23.5. The molecule has 2 aromatic rings. The summed E-state index contributed by atoms with van der Waals surface area (Å²) in [7, 11) is 3.96. The number of benzene rings is 2. The minimum Gasteiger partial charge on any atom is -0.398 e. The zero-order valence-electron chi connectivity index (χ0n) is 15.2. The highest BCUT2D eigenvalue weighted by Gasteiger charge is 2.20. The molecular weight excluding hydrogens is 316 g/mol. The molecule has 0 radical (unpaired) electrons. The van der Waals surface area contributed by atoms with Crippen LogP contribution in [-0.2, 0) is 6.54 Å². The fourth-order valence-corrected chi connectivity index (χ4v) is 3.02. The monoisotopic (exact) mass is 344 g/mol. The van der Waals surface area contributed by atoms with Crippen LogP contribution in [0.15, 0.2) is 30.3 Å². The topological polar surface area (TPSA) is 108 Å². The Bertz CT molecular complexity index is 742. The maximum absolute atomic E-state index is 10.2. The van der Waals surface area contributed by atoms with Crippen LogP contribution in [0.4, 0.5) is 22.7 Å². The van der Waals surface area contributed by atoms with E-state index in [0.29, 0.717) is 29.0 Å². The highest BCUT2D eigenvalue weighted by Crippen LogP contribution is 2.36. The smallest absolute Gasteiger partial charge is 0.0786 e. The summed E-state index contributed by atoms with van der Waals surface area (Å²) in [6.45, 7) is 3.69. The summed E-state index contributed by atoms with van der Waals surface area (Å²) >= 11 is 0. The highest BCUT2D eigenvalue weighted by atomic mass is 16.3. The Hall–Kier alpha value is -2.44. The van der Waals surface area contributed by atoms with E-state index >= 15 is 0 Å². The maximum Gasteiger partial charge on any atom is 0.0786 e. The largest absolute Gasteiger partial charge is 0.398 e. The second kappa shape index (κ2) is 7.63. The van der Waals surface area contributed by atoms with Crippen LogP contribution in [0.1, 0.15) is 42.7 Å². The van der Waals surface area contributed by atoms with Gasteiger partial charge in [-0.15, -0.1) is 0 Å². The Labute approximate surface area is 149 Å². The maximum atomic E-state index is 10.2. The second-order valence-electron chi connectivity index (χ2n) is 6.48. The van der Waals surface area contributed by atoms with E-state index in [9.17, 15) is 10.2 Å². The molecular formula is C19H28N4O2. The zero-order valence-corrected chi connectivity index (χ0v) is 15.2. The SMILES string of the molecule is CC(O)c1cc(N)c(CNc2ccccc2N(C)C)c(C(C)O)c1N. The van der Waals surface area contributed by atoms with Gasteiger partial charge in [-0.1, -0.05) is 12.1 Å². The summed E-state index contributed by atoms with van der Waals surface area (Å²) in [5.41, 5.74) is 17.1. The number of rotatable bonds is 6. The fraction of sp³-hybridized carbons (Fsp3) is 0.368. The molecule has 0 amide bonds. The number of anilines is 4. The second-order valence-corrected chi connectivity index (χ2v) is 6.48. The number of para-hydroxylation sites is 2. The quantitative estimate of drug-likeness (QED) is 0.516. The number of aliphatic hydroxyl groups is 2. The Balaban J connectivity index is 2.42. The minimum absolute atomic E-state index is 0.386. The fourth-order valence-electron chi connectivity index (χ4n) is 3.02. The number of nitrogens with zero attached hydrogens (tertiary/aromatic N) is 1. The van der Waals surface area contributed by atoms with Gasteiger partial charge in [0.2, 0.25) is 0 Å². The number of hydrogen-bond donors (Lipinski definition) is 5. The average molecular weight is 344 g/mol. The van der Waals surface area contributed by atoms with Crippen molar-refractivity contribution in [2.45, 2.75) is 32.6 Å². The van der Waals surface area contributed by atoms with Crippen LogP contribution in [0.2, 0.25) is 0 Å². The summed E-state index contributed by atoms with van der Waals surface area (Å²) in [4.78, 5) is 2.02. The summed E-state index contributed by atoms with van der Waals surface area (Å²) in [6, 6.07) is 9.62. The first kappa shape index (κ1) is 18.9. The van der Waals surface area contributed by atoms with Crippen molar-refractivity contribution in [2.75, 3.05) is 35.8 Å². The molecule has 25 heavy (non-hydrogen) atoms. The molecule has 0 saturated heterocycles. The van der Waals surface area contributed by atoms with Gasteiger partial charge in [0.05, 0.1) is 23.6 Å². The molecule has 2 unspecified atom stereocenters. The van der Waals surface area contributed by atoms with Crippen molar-refractivity contribution in [3.8, 4) is 0 Å². The Morgan fingerprint density at radius 3 is 2.28 bits per heavy atom. The third-order valence-corrected chi connectivity index (χ3v) is 4.30. The van der Waals surface area contributed by atoms with Crippen LogP contribution in [0.5, 0.6) is 0 Å². The van der Waals surface area contributed by atoms with E-state index in [1.807, 2.05) is 43.3 Å². The van der Waals surface area contributed by atoms with E-state index in [4.69, 9.17) is 11.5 Å². The molecule has 7 N–H and O–H groups in total. The van der Waals surface area contributed by atoms with Crippen LogP contribution < -0.4 is 21.7 Å². The van der Waals surface area contributed by atoms with Crippen molar-refractivity contribution in [2.24, 2.45) is 0 Å². The molecule has 136 valence electrons. The lowest BCUT2D eigenvalue weighted by Crippen LogP contribution is -2.16. The van der Waals surface area contributed by atoms with E-state index in [1.165, 1.54) is 0 Å². The van der Waals surface area contributed by atoms with E-state index in [1.54, 1.807) is 19.9 Å². The Morgan fingerprint density at radius 2 is 1.72 bits per heavy atom. The van der Waals surface area contributed by atoms with E-state index in [2.05, 4.69) is 5.32 Å². The normalized spacial score (nSPS) is 13.4. The van der Waals surface area contributed by atoms with Gasteiger partial charge in [0.25, 0.3) is 0 Å². The van der Waals surface area contributed by atoms with Crippen LogP contribution in [-0.4, -0.2) is 24.3 Å². The first-order valence-corrected chi connectivity index (χ1v) is 8.31. The lowest BCUT2D eigenvalue weighted by Gasteiger charge is -2.23. The van der Waals surface area contributed by atoms with Gasteiger partial charge in [-0.05, 0) is 32.0 Å². The number of nitrogen functional groups attached to an aromatic ring is 2. The van der Waals surface area contributed by atoms with Gasteiger partial charge in [0, 0.05) is 48.7 Å². The number of nitrogens with two attached hydrogens (primary N) is 2. The predicted molar refractivity (Wildman–Crippen MR) is 105 cm³/mol. The van der Waals surface area contributed by atoms with Gasteiger partial charge >= 0.3 is 0 Å². The first-order chi connectivity index (χ1) is 11.7. The molecule has 0 aliphatic carbocycles. The standard InChI is InChI=1S/C19H28N4O2/c1-11(24)13-9-15(20)14(18(12(2)25)19(13)21)10-22-16-7-5-6-8-17(16)23(3)4/h5-9,11-12,22,24-25H,10,20-21H2,1-4H3. The van der Waals surface area contributed by atoms with Crippen LogP contribution >= 0.6 is 0 Å². The van der Waals surface area contributed by atoms with Crippen molar-refractivity contribution in [3.05, 3.63) is 47.0 Å². The van der Waals surface area contributed by atoms with Gasteiger partial charge in [0.15, 0.2) is 0 Å². The summed E-state index contributed by atoms with van der Waals surface area (Å²) < 4.78 is 0. The molecule has 0 spiro atoms. The summed E-state index contributed by atoms with van der Waals surface area (Å²) in [6.07, 6.45) is -1.54. The molecule has 0 bridgehead atoms. The molecule has 0 fully saturated rings. The lowest BCUT2D eigenvalue weighted by molar-refractivity contribution is 0.193. The van der Waals surface area contributed by atoms with Gasteiger partial charge in [-0.2, -0.15) is 0 Å².